The fourth-order valence-electron chi connectivity index (χ4n) is 1.92. The molecule has 2 N–H and O–H groups in total. The van der Waals surface area contributed by atoms with Gasteiger partial charge in [0, 0.05) is 13.1 Å². The molecule has 1 aromatic heterocycles. The summed E-state index contributed by atoms with van der Waals surface area (Å²) in [6, 6.07) is 4.59. The Balaban J connectivity index is 1.90. The van der Waals surface area contributed by atoms with Crippen LogP contribution in [0.4, 0.5) is 5.95 Å². The summed E-state index contributed by atoms with van der Waals surface area (Å²) >= 11 is 0. The molecule has 2 aromatic rings. The van der Waals surface area contributed by atoms with Crippen molar-refractivity contribution >= 4 is 5.95 Å². The Morgan fingerprint density at radius 2 is 1.95 bits per heavy atom. The minimum Gasteiger partial charge on any atom is -0.504 e. The molecule has 1 aliphatic heterocycles. The number of ether oxygens (including phenoxy) is 1. The lowest BCUT2D eigenvalue weighted by atomic mass is 10.2. The second kappa shape index (κ2) is 4.77. The maximum Gasteiger partial charge on any atom is 0.266 e. The van der Waals surface area contributed by atoms with Gasteiger partial charge in [-0.1, -0.05) is 6.07 Å². The third kappa shape index (κ3) is 2.19. The molecule has 2 heterocycles. The first-order valence-corrected chi connectivity index (χ1v) is 5.93. The second-order valence-corrected chi connectivity index (χ2v) is 4.17. The Morgan fingerprint density at radius 3 is 2.74 bits per heavy atom. The van der Waals surface area contributed by atoms with Gasteiger partial charge in [-0.25, -0.2) is 0 Å². The number of rotatable bonds is 2. The van der Waals surface area contributed by atoms with Crippen molar-refractivity contribution in [3.05, 3.63) is 18.2 Å². The van der Waals surface area contributed by atoms with E-state index in [0.717, 1.165) is 0 Å². The van der Waals surface area contributed by atoms with Crippen LogP contribution in [0.1, 0.15) is 0 Å². The van der Waals surface area contributed by atoms with E-state index in [1.54, 1.807) is 12.1 Å². The number of phenolic OH excluding ortho intramolecular Hbond substituents is 2. The van der Waals surface area contributed by atoms with Crippen molar-refractivity contribution in [3.8, 4) is 23.0 Å². The van der Waals surface area contributed by atoms with Gasteiger partial charge in [0.2, 0.25) is 0 Å². The minimum atomic E-state index is -0.264. The highest BCUT2D eigenvalue weighted by atomic mass is 16.5. The van der Waals surface area contributed by atoms with Crippen molar-refractivity contribution in [1.82, 2.24) is 10.1 Å². The fraction of sp³-hybridized carbons (Fsp3) is 0.333. The van der Waals surface area contributed by atoms with Crippen molar-refractivity contribution < 1.29 is 19.5 Å². The largest absolute Gasteiger partial charge is 0.504 e. The zero-order chi connectivity index (χ0) is 13.2. The van der Waals surface area contributed by atoms with E-state index in [1.807, 2.05) is 4.90 Å². The number of nitrogens with zero attached hydrogens (tertiary/aromatic N) is 3. The van der Waals surface area contributed by atoms with Crippen molar-refractivity contribution in [2.75, 3.05) is 31.2 Å². The molecule has 1 fully saturated rings. The van der Waals surface area contributed by atoms with E-state index in [4.69, 9.17) is 9.26 Å². The van der Waals surface area contributed by atoms with Gasteiger partial charge in [-0.3, -0.25) is 0 Å². The number of benzene rings is 1. The summed E-state index contributed by atoms with van der Waals surface area (Å²) < 4.78 is 10.4. The van der Waals surface area contributed by atoms with Crippen molar-refractivity contribution in [2.24, 2.45) is 0 Å². The third-order valence-corrected chi connectivity index (χ3v) is 2.95. The van der Waals surface area contributed by atoms with Crippen molar-refractivity contribution in [3.63, 3.8) is 0 Å². The van der Waals surface area contributed by atoms with Gasteiger partial charge in [0.05, 0.1) is 18.8 Å². The summed E-state index contributed by atoms with van der Waals surface area (Å²) in [4.78, 5) is 6.17. The summed E-state index contributed by atoms with van der Waals surface area (Å²) in [5.74, 6) is 0.152. The predicted octanol–water partition coefficient (Wildman–Crippen LogP) is 0.984. The van der Waals surface area contributed by atoms with Gasteiger partial charge in [-0.2, -0.15) is 4.98 Å². The minimum absolute atomic E-state index is 0.176. The first-order chi connectivity index (χ1) is 9.25. The quantitative estimate of drug-likeness (QED) is 0.780. The molecule has 0 saturated carbocycles. The normalized spacial score (nSPS) is 15.7. The average molecular weight is 263 g/mol. The Kier molecular flexibility index (Phi) is 2.96. The van der Waals surface area contributed by atoms with Gasteiger partial charge in [0.15, 0.2) is 11.5 Å². The number of hydrogen-bond acceptors (Lipinski definition) is 7. The maximum atomic E-state index is 9.76. The molecule has 0 aliphatic carbocycles. The molecule has 1 aliphatic rings. The SMILES string of the molecule is Oc1cccc(-c2nc(N3CCOCC3)no2)c1O. The standard InChI is InChI=1S/C12H13N3O4/c16-9-3-1-2-8(10(9)17)11-13-12(14-19-11)15-4-6-18-7-5-15/h1-3,16-17H,4-7H2. The molecule has 0 atom stereocenters. The van der Waals surface area contributed by atoms with Gasteiger partial charge in [-0.15, -0.1) is 0 Å². The summed E-state index contributed by atoms with van der Waals surface area (Å²) in [6.07, 6.45) is 0. The maximum absolute atomic E-state index is 9.76. The summed E-state index contributed by atoms with van der Waals surface area (Å²) in [6.45, 7) is 2.65. The highest BCUT2D eigenvalue weighted by molar-refractivity contribution is 5.67. The predicted molar refractivity (Wildman–Crippen MR) is 66.1 cm³/mol. The summed E-state index contributed by atoms with van der Waals surface area (Å²) in [7, 11) is 0. The molecule has 3 rings (SSSR count). The number of hydrogen-bond donors (Lipinski definition) is 2. The molecule has 0 amide bonds. The molecule has 0 bridgehead atoms. The number of anilines is 1. The number of phenols is 2. The smallest absolute Gasteiger partial charge is 0.266 e. The fourth-order valence-corrected chi connectivity index (χ4v) is 1.92. The average Bonchev–Trinajstić information content (AvgIpc) is 2.92. The van der Waals surface area contributed by atoms with E-state index in [9.17, 15) is 10.2 Å². The lowest BCUT2D eigenvalue weighted by Gasteiger charge is -2.24. The lowest BCUT2D eigenvalue weighted by molar-refractivity contribution is 0.121. The van der Waals surface area contributed by atoms with Gasteiger partial charge in [0.1, 0.15) is 0 Å². The second-order valence-electron chi connectivity index (χ2n) is 4.17. The van der Waals surface area contributed by atoms with Crippen LogP contribution in [-0.4, -0.2) is 46.7 Å². The van der Waals surface area contributed by atoms with E-state index in [1.165, 1.54) is 6.07 Å². The number of aromatic hydroxyl groups is 2. The highest BCUT2D eigenvalue weighted by Gasteiger charge is 2.20. The number of para-hydroxylation sites is 1. The first-order valence-electron chi connectivity index (χ1n) is 5.93. The number of morpholine rings is 1. The Morgan fingerprint density at radius 1 is 1.16 bits per heavy atom. The van der Waals surface area contributed by atoms with Crippen LogP contribution in [0.3, 0.4) is 0 Å². The van der Waals surface area contributed by atoms with E-state index in [0.29, 0.717) is 37.8 Å². The molecule has 0 unspecified atom stereocenters. The molecule has 7 heteroatoms. The van der Waals surface area contributed by atoms with Crippen LogP contribution in [0.15, 0.2) is 22.7 Å². The summed E-state index contributed by atoms with van der Waals surface area (Å²) in [5, 5.41) is 23.1. The van der Waals surface area contributed by atoms with Crippen LogP contribution in [0.5, 0.6) is 11.5 Å². The summed E-state index contributed by atoms with van der Waals surface area (Å²) in [5.41, 5.74) is 0.312. The van der Waals surface area contributed by atoms with E-state index in [2.05, 4.69) is 10.1 Å². The van der Waals surface area contributed by atoms with Gasteiger partial charge < -0.3 is 24.4 Å². The molecule has 0 radical (unpaired) electrons. The number of aromatic nitrogens is 2. The molecular formula is C12H13N3O4. The Labute approximate surface area is 109 Å². The third-order valence-electron chi connectivity index (χ3n) is 2.95. The van der Waals surface area contributed by atoms with Crippen LogP contribution in [-0.2, 0) is 4.74 Å². The van der Waals surface area contributed by atoms with Crippen LogP contribution < -0.4 is 4.90 Å². The van der Waals surface area contributed by atoms with Crippen molar-refractivity contribution in [1.29, 1.82) is 0 Å². The topological polar surface area (TPSA) is 91.9 Å². The van der Waals surface area contributed by atoms with Gasteiger partial charge >= 0.3 is 0 Å². The molecule has 19 heavy (non-hydrogen) atoms. The zero-order valence-corrected chi connectivity index (χ0v) is 10.1. The van der Waals surface area contributed by atoms with Crippen LogP contribution in [0.25, 0.3) is 11.5 Å². The van der Waals surface area contributed by atoms with E-state index in [-0.39, 0.29) is 17.4 Å². The molecule has 7 nitrogen and oxygen atoms in total. The molecule has 0 spiro atoms. The van der Waals surface area contributed by atoms with E-state index >= 15 is 0 Å². The Hall–Kier alpha value is -2.28. The molecule has 100 valence electrons. The van der Waals surface area contributed by atoms with Gasteiger partial charge in [0.25, 0.3) is 11.8 Å². The van der Waals surface area contributed by atoms with Crippen molar-refractivity contribution in [2.45, 2.75) is 0 Å². The van der Waals surface area contributed by atoms with Crippen LogP contribution >= 0.6 is 0 Å². The monoisotopic (exact) mass is 263 g/mol. The van der Waals surface area contributed by atoms with Gasteiger partial charge in [-0.05, 0) is 17.3 Å². The van der Waals surface area contributed by atoms with E-state index < -0.39 is 0 Å². The Bertz CT molecular complexity index is 578. The van der Waals surface area contributed by atoms with Crippen LogP contribution in [0, 0.1) is 0 Å². The molecule has 1 saturated heterocycles. The zero-order valence-electron chi connectivity index (χ0n) is 10.1. The molecule has 1 aromatic carbocycles. The molecular weight excluding hydrogens is 250 g/mol. The first kappa shape index (κ1) is 11.8. The van der Waals surface area contributed by atoms with Crippen LogP contribution in [0.2, 0.25) is 0 Å². The lowest BCUT2D eigenvalue weighted by Crippen LogP contribution is -2.36. The highest BCUT2D eigenvalue weighted by Crippen LogP contribution is 2.35.